The molecule has 5 nitrogen and oxygen atoms in total. The molecule has 0 radical (unpaired) electrons. The second-order valence-electron chi connectivity index (χ2n) is 6.23. The number of amides is 2. The molecule has 1 aliphatic rings. The summed E-state index contributed by atoms with van der Waals surface area (Å²) in [6.07, 6.45) is 0. The van der Waals surface area contributed by atoms with Gasteiger partial charge in [0.05, 0.1) is 6.04 Å². The van der Waals surface area contributed by atoms with Crippen LogP contribution < -0.4 is 5.32 Å². The van der Waals surface area contributed by atoms with E-state index in [0.29, 0.717) is 13.1 Å². The van der Waals surface area contributed by atoms with E-state index in [-0.39, 0.29) is 17.9 Å². The van der Waals surface area contributed by atoms with Crippen molar-refractivity contribution in [3.8, 4) is 0 Å². The highest BCUT2D eigenvalue weighted by atomic mass is 16.2. The van der Waals surface area contributed by atoms with Gasteiger partial charge < -0.3 is 10.2 Å². The third-order valence-corrected chi connectivity index (χ3v) is 4.73. The predicted molar refractivity (Wildman–Crippen MR) is 95.9 cm³/mol. The van der Waals surface area contributed by atoms with Crippen LogP contribution in [0, 0.1) is 0 Å². The molecule has 0 bridgehead atoms. The number of nitrogens with zero attached hydrogens (tertiary/aromatic N) is 2. The summed E-state index contributed by atoms with van der Waals surface area (Å²) in [5.41, 5.74) is 0.840. The van der Waals surface area contributed by atoms with Crippen LogP contribution in [0.3, 0.4) is 0 Å². The standard InChI is InChI=1S/C19H23N3O2/c1-14(21-10-12-22(13-11-21)15(2)23)19(24)20-18-9-5-7-16-6-3-4-8-17(16)18/h3-9,14H,10-13H2,1-2H3,(H,20,24). The Bertz CT molecular complexity index is 746. The van der Waals surface area contributed by atoms with Crippen LogP contribution in [-0.4, -0.2) is 53.8 Å². The van der Waals surface area contributed by atoms with Gasteiger partial charge in [0.25, 0.3) is 0 Å². The Morgan fingerprint density at radius 2 is 1.67 bits per heavy atom. The molecule has 5 heteroatoms. The van der Waals surface area contributed by atoms with Gasteiger partial charge in [-0.2, -0.15) is 0 Å². The summed E-state index contributed by atoms with van der Waals surface area (Å²) < 4.78 is 0. The summed E-state index contributed by atoms with van der Waals surface area (Å²) in [6.45, 7) is 6.33. The fraction of sp³-hybridized carbons (Fsp3) is 0.368. The number of hydrogen-bond donors (Lipinski definition) is 1. The number of benzene rings is 2. The van der Waals surface area contributed by atoms with Gasteiger partial charge in [0.1, 0.15) is 0 Å². The van der Waals surface area contributed by atoms with Gasteiger partial charge in [-0.05, 0) is 18.4 Å². The van der Waals surface area contributed by atoms with Gasteiger partial charge in [0.15, 0.2) is 0 Å². The van der Waals surface area contributed by atoms with Crippen molar-refractivity contribution in [2.75, 3.05) is 31.5 Å². The largest absolute Gasteiger partial charge is 0.340 e. The third kappa shape index (κ3) is 3.41. The number of rotatable bonds is 3. The molecule has 0 aromatic heterocycles. The molecular formula is C19H23N3O2. The average molecular weight is 325 g/mol. The maximum Gasteiger partial charge on any atom is 0.241 e. The number of nitrogens with one attached hydrogen (secondary N) is 1. The SMILES string of the molecule is CC(=O)N1CCN(C(C)C(=O)Nc2cccc3ccccc23)CC1. The maximum absolute atomic E-state index is 12.6. The Hall–Kier alpha value is -2.40. The molecule has 126 valence electrons. The Balaban J connectivity index is 1.67. The monoisotopic (exact) mass is 325 g/mol. The van der Waals surface area contributed by atoms with Crippen LogP contribution in [0.1, 0.15) is 13.8 Å². The number of hydrogen-bond acceptors (Lipinski definition) is 3. The van der Waals surface area contributed by atoms with Crippen molar-refractivity contribution in [2.45, 2.75) is 19.9 Å². The van der Waals surface area contributed by atoms with Gasteiger partial charge in [0, 0.05) is 44.2 Å². The van der Waals surface area contributed by atoms with E-state index < -0.39 is 0 Å². The average Bonchev–Trinajstić information content (AvgIpc) is 2.61. The molecule has 1 N–H and O–H groups in total. The summed E-state index contributed by atoms with van der Waals surface area (Å²) in [5.74, 6) is 0.0881. The van der Waals surface area contributed by atoms with E-state index >= 15 is 0 Å². The maximum atomic E-state index is 12.6. The van der Waals surface area contributed by atoms with Crippen molar-refractivity contribution in [3.05, 3.63) is 42.5 Å². The lowest BCUT2D eigenvalue weighted by Crippen LogP contribution is -2.53. The Morgan fingerprint density at radius 3 is 2.38 bits per heavy atom. The van der Waals surface area contributed by atoms with Gasteiger partial charge in [-0.3, -0.25) is 14.5 Å². The molecule has 1 aliphatic heterocycles. The molecule has 24 heavy (non-hydrogen) atoms. The van der Waals surface area contributed by atoms with Crippen molar-refractivity contribution in [1.82, 2.24) is 9.80 Å². The second kappa shape index (κ2) is 7.01. The number of carbonyl (C=O) groups is 2. The number of carbonyl (C=O) groups excluding carboxylic acids is 2. The topological polar surface area (TPSA) is 52.7 Å². The summed E-state index contributed by atoms with van der Waals surface area (Å²) in [5, 5.41) is 5.21. The number of fused-ring (bicyclic) bond motifs is 1. The molecule has 0 aliphatic carbocycles. The van der Waals surface area contributed by atoms with Crippen molar-refractivity contribution in [1.29, 1.82) is 0 Å². The fourth-order valence-corrected chi connectivity index (χ4v) is 3.16. The first kappa shape index (κ1) is 16.5. The first-order chi connectivity index (χ1) is 11.6. The van der Waals surface area contributed by atoms with Crippen LogP contribution in [0.4, 0.5) is 5.69 Å². The Kier molecular flexibility index (Phi) is 4.81. The molecule has 0 saturated carbocycles. The zero-order chi connectivity index (χ0) is 17.1. The highest BCUT2D eigenvalue weighted by Crippen LogP contribution is 2.23. The zero-order valence-electron chi connectivity index (χ0n) is 14.2. The first-order valence-corrected chi connectivity index (χ1v) is 8.34. The molecule has 0 spiro atoms. The van der Waals surface area contributed by atoms with E-state index in [1.54, 1.807) is 6.92 Å². The van der Waals surface area contributed by atoms with E-state index in [1.807, 2.05) is 54.3 Å². The van der Waals surface area contributed by atoms with E-state index in [2.05, 4.69) is 10.2 Å². The molecule has 3 rings (SSSR count). The smallest absolute Gasteiger partial charge is 0.241 e. The van der Waals surface area contributed by atoms with E-state index in [4.69, 9.17) is 0 Å². The lowest BCUT2D eigenvalue weighted by molar-refractivity contribution is -0.131. The number of anilines is 1. The fourth-order valence-electron chi connectivity index (χ4n) is 3.16. The third-order valence-electron chi connectivity index (χ3n) is 4.73. The highest BCUT2D eigenvalue weighted by molar-refractivity contribution is 6.03. The van der Waals surface area contributed by atoms with Crippen LogP contribution in [0.2, 0.25) is 0 Å². The first-order valence-electron chi connectivity index (χ1n) is 8.34. The summed E-state index contributed by atoms with van der Waals surface area (Å²) in [7, 11) is 0. The van der Waals surface area contributed by atoms with Gasteiger partial charge in [-0.25, -0.2) is 0 Å². The number of piperazine rings is 1. The van der Waals surface area contributed by atoms with E-state index in [1.165, 1.54) is 0 Å². The van der Waals surface area contributed by atoms with Crippen molar-refractivity contribution >= 4 is 28.3 Å². The van der Waals surface area contributed by atoms with Gasteiger partial charge in [-0.1, -0.05) is 36.4 Å². The van der Waals surface area contributed by atoms with Crippen molar-refractivity contribution < 1.29 is 9.59 Å². The zero-order valence-corrected chi connectivity index (χ0v) is 14.2. The van der Waals surface area contributed by atoms with Crippen molar-refractivity contribution in [3.63, 3.8) is 0 Å². The summed E-state index contributed by atoms with van der Waals surface area (Å²) in [6, 6.07) is 13.7. The van der Waals surface area contributed by atoms with Crippen LogP contribution in [0.15, 0.2) is 42.5 Å². The second-order valence-corrected chi connectivity index (χ2v) is 6.23. The Labute approximate surface area is 142 Å². The molecule has 1 unspecified atom stereocenters. The van der Waals surface area contributed by atoms with Crippen LogP contribution in [0.25, 0.3) is 10.8 Å². The molecule has 1 fully saturated rings. The van der Waals surface area contributed by atoms with Gasteiger partial charge in [0.2, 0.25) is 11.8 Å². The van der Waals surface area contributed by atoms with Gasteiger partial charge >= 0.3 is 0 Å². The summed E-state index contributed by atoms with van der Waals surface area (Å²) >= 11 is 0. The quantitative estimate of drug-likeness (QED) is 0.942. The Morgan fingerprint density at radius 1 is 1.00 bits per heavy atom. The highest BCUT2D eigenvalue weighted by Gasteiger charge is 2.26. The minimum atomic E-state index is -0.224. The van der Waals surface area contributed by atoms with Crippen LogP contribution in [-0.2, 0) is 9.59 Å². The molecule has 2 aromatic carbocycles. The van der Waals surface area contributed by atoms with Crippen LogP contribution >= 0.6 is 0 Å². The van der Waals surface area contributed by atoms with E-state index in [9.17, 15) is 9.59 Å². The normalized spacial score (nSPS) is 16.8. The lowest BCUT2D eigenvalue weighted by atomic mass is 10.1. The lowest BCUT2D eigenvalue weighted by Gasteiger charge is -2.37. The molecule has 2 aromatic rings. The minimum absolute atomic E-state index is 0.0115. The van der Waals surface area contributed by atoms with Crippen molar-refractivity contribution in [2.24, 2.45) is 0 Å². The van der Waals surface area contributed by atoms with E-state index in [0.717, 1.165) is 29.5 Å². The summed E-state index contributed by atoms with van der Waals surface area (Å²) in [4.78, 5) is 28.0. The molecule has 1 heterocycles. The minimum Gasteiger partial charge on any atom is -0.340 e. The molecular weight excluding hydrogens is 302 g/mol. The van der Waals surface area contributed by atoms with Crippen LogP contribution in [0.5, 0.6) is 0 Å². The molecule has 1 atom stereocenters. The molecule has 2 amide bonds. The predicted octanol–water partition coefficient (Wildman–Crippen LogP) is 2.33. The van der Waals surface area contributed by atoms with Gasteiger partial charge in [-0.15, -0.1) is 0 Å². The molecule has 1 saturated heterocycles.